The number of carbonyl (C=O) groups excluding carboxylic acids is 2. The average Bonchev–Trinajstić information content (AvgIpc) is 2.96. The van der Waals surface area contributed by atoms with Gasteiger partial charge in [0.25, 0.3) is 0 Å². The second-order valence-electron chi connectivity index (χ2n) is 7.96. The number of ether oxygens (including phenoxy) is 1. The number of hydrogen-bond donors (Lipinski definition) is 1. The van der Waals surface area contributed by atoms with Crippen molar-refractivity contribution in [2.75, 3.05) is 10.2 Å². The van der Waals surface area contributed by atoms with Crippen LogP contribution in [0.4, 0.5) is 16.2 Å². The Kier molecular flexibility index (Phi) is 4.96. The van der Waals surface area contributed by atoms with Gasteiger partial charge in [-0.1, -0.05) is 36.4 Å². The molecule has 1 aliphatic rings. The molecule has 142 valence electrons. The summed E-state index contributed by atoms with van der Waals surface area (Å²) in [6.45, 7) is 9.37. The van der Waals surface area contributed by atoms with E-state index in [0.29, 0.717) is 6.42 Å². The first kappa shape index (κ1) is 19.0. The molecule has 0 radical (unpaired) electrons. The van der Waals surface area contributed by atoms with Gasteiger partial charge in [0.15, 0.2) is 0 Å². The van der Waals surface area contributed by atoms with E-state index in [1.807, 2.05) is 77.1 Å². The maximum Gasteiger partial charge on any atom is 0.415 e. The highest BCUT2D eigenvalue weighted by Gasteiger charge is 2.40. The SMILES string of the molecule is Cc1cccc(C)c1NC(=O)[C@@H]1Cc2ccccc2N1C(=O)OC(C)(C)C. The minimum Gasteiger partial charge on any atom is -0.443 e. The molecule has 27 heavy (non-hydrogen) atoms. The van der Waals surface area contributed by atoms with E-state index in [-0.39, 0.29) is 5.91 Å². The summed E-state index contributed by atoms with van der Waals surface area (Å²) in [5.41, 5.74) is 3.83. The number of amides is 2. The van der Waals surface area contributed by atoms with E-state index in [1.165, 1.54) is 4.90 Å². The largest absolute Gasteiger partial charge is 0.443 e. The third-order valence-corrected chi connectivity index (χ3v) is 4.60. The molecular weight excluding hydrogens is 340 g/mol. The summed E-state index contributed by atoms with van der Waals surface area (Å²) in [4.78, 5) is 27.4. The standard InChI is InChI=1S/C22H26N2O3/c1-14-9-8-10-15(2)19(14)23-20(25)18-13-16-11-6-7-12-17(16)24(18)21(26)27-22(3,4)5/h6-12,18H,13H2,1-5H3,(H,23,25)/t18-/m0/s1. The molecular formula is C22H26N2O3. The number of rotatable bonds is 2. The Morgan fingerprint density at radius 3 is 2.30 bits per heavy atom. The van der Waals surface area contributed by atoms with Crippen molar-refractivity contribution in [3.63, 3.8) is 0 Å². The lowest BCUT2D eigenvalue weighted by Crippen LogP contribution is -2.47. The summed E-state index contributed by atoms with van der Waals surface area (Å²) < 4.78 is 5.56. The fraction of sp³-hybridized carbons (Fsp3) is 0.364. The normalized spacial score (nSPS) is 16.0. The van der Waals surface area contributed by atoms with E-state index >= 15 is 0 Å². The van der Waals surface area contributed by atoms with Crippen molar-refractivity contribution in [3.8, 4) is 0 Å². The Hall–Kier alpha value is -2.82. The highest BCUT2D eigenvalue weighted by atomic mass is 16.6. The Bertz CT molecular complexity index is 863. The Balaban J connectivity index is 1.91. The number of fused-ring (bicyclic) bond motifs is 1. The lowest BCUT2D eigenvalue weighted by molar-refractivity contribution is -0.117. The molecule has 0 spiro atoms. The zero-order valence-electron chi connectivity index (χ0n) is 16.5. The number of nitrogens with one attached hydrogen (secondary N) is 1. The van der Waals surface area contributed by atoms with Crippen molar-refractivity contribution in [2.45, 2.75) is 52.7 Å². The van der Waals surface area contributed by atoms with Crippen LogP contribution in [0.15, 0.2) is 42.5 Å². The first-order chi connectivity index (χ1) is 12.7. The van der Waals surface area contributed by atoms with Crippen LogP contribution in [0.5, 0.6) is 0 Å². The molecule has 2 amide bonds. The smallest absolute Gasteiger partial charge is 0.415 e. The van der Waals surface area contributed by atoms with Gasteiger partial charge in [0.05, 0.1) is 5.69 Å². The van der Waals surface area contributed by atoms with Crippen LogP contribution in [0.1, 0.15) is 37.5 Å². The van der Waals surface area contributed by atoms with E-state index in [0.717, 1.165) is 28.1 Å². The lowest BCUT2D eigenvalue weighted by atomic mass is 10.1. The summed E-state index contributed by atoms with van der Waals surface area (Å²) in [6, 6.07) is 12.8. The maximum absolute atomic E-state index is 13.1. The van der Waals surface area contributed by atoms with Gasteiger partial charge in [-0.05, 0) is 57.4 Å². The maximum atomic E-state index is 13.1. The van der Waals surface area contributed by atoms with E-state index in [2.05, 4.69) is 5.32 Å². The summed E-state index contributed by atoms with van der Waals surface area (Å²) in [5, 5.41) is 3.01. The molecule has 1 aliphatic heterocycles. The molecule has 0 aliphatic carbocycles. The molecule has 1 heterocycles. The predicted molar refractivity (Wildman–Crippen MR) is 107 cm³/mol. The van der Waals surface area contributed by atoms with Crippen LogP contribution in [0.25, 0.3) is 0 Å². The van der Waals surface area contributed by atoms with Crippen molar-refractivity contribution >= 4 is 23.4 Å². The molecule has 2 aromatic rings. The van der Waals surface area contributed by atoms with Gasteiger partial charge in [0.2, 0.25) is 5.91 Å². The van der Waals surface area contributed by atoms with Gasteiger partial charge < -0.3 is 10.1 Å². The minimum absolute atomic E-state index is 0.213. The Morgan fingerprint density at radius 1 is 1.04 bits per heavy atom. The fourth-order valence-electron chi connectivity index (χ4n) is 3.35. The third kappa shape index (κ3) is 3.97. The van der Waals surface area contributed by atoms with E-state index in [1.54, 1.807) is 0 Å². The fourth-order valence-corrected chi connectivity index (χ4v) is 3.35. The van der Waals surface area contributed by atoms with Crippen molar-refractivity contribution in [2.24, 2.45) is 0 Å². The predicted octanol–water partition coefficient (Wildman–Crippen LogP) is 4.61. The number of nitrogens with zero attached hydrogens (tertiary/aromatic N) is 1. The highest BCUT2D eigenvalue weighted by molar-refractivity contribution is 6.06. The highest BCUT2D eigenvalue weighted by Crippen LogP contribution is 2.34. The zero-order chi connectivity index (χ0) is 19.8. The van der Waals surface area contributed by atoms with Crippen LogP contribution < -0.4 is 10.2 Å². The van der Waals surface area contributed by atoms with Crippen LogP contribution in [0.2, 0.25) is 0 Å². The van der Waals surface area contributed by atoms with E-state index in [9.17, 15) is 9.59 Å². The van der Waals surface area contributed by atoms with Gasteiger partial charge in [-0.3, -0.25) is 9.69 Å². The topological polar surface area (TPSA) is 58.6 Å². The van der Waals surface area contributed by atoms with Gasteiger partial charge in [-0.2, -0.15) is 0 Å². The quantitative estimate of drug-likeness (QED) is 0.844. The molecule has 0 fully saturated rings. The molecule has 0 unspecified atom stereocenters. The van der Waals surface area contributed by atoms with Crippen molar-refractivity contribution in [1.29, 1.82) is 0 Å². The minimum atomic E-state index is -0.642. The molecule has 0 saturated carbocycles. The van der Waals surface area contributed by atoms with Gasteiger partial charge in [0, 0.05) is 12.1 Å². The number of carbonyl (C=O) groups is 2. The first-order valence-corrected chi connectivity index (χ1v) is 9.14. The summed E-state index contributed by atoms with van der Waals surface area (Å²) in [6.07, 6.45) is -0.0410. The summed E-state index contributed by atoms with van der Waals surface area (Å²) in [7, 11) is 0. The van der Waals surface area contributed by atoms with Gasteiger partial charge in [0.1, 0.15) is 11.6 Å². The number of hydrogen-bond acceptors (Lipinski definition) is 3. The van der Waals surface area contributed by atoms with Crippen LogP contribution in [-0.2, 0) is 16.0 Å². The molecule has 2 aromatic carbocycles. The molecule has 5 nitrogen and oxygen atoms in total. The monoisotopic (exact) mass is 366 g/mol. The number of para-hydroxylation sites is 2. The molecule has 0 saturated heterocycles. The van der Waals surface area contributed by atoms with Gasteiger partial charge in [-0.25, -0.2) is 4.79 Å². The van der Waals surface area contributed by atoms with Gasteiger partial charge in [-0.15, -0.1) is 0 Å². The second-order valence-corrected chi connectivity index (χ2v) is 7.96. The first-order valence-electron chi connectivity index (χ1n) is 9.14. The Morgan fingerprint density at radius 2 is 1.67 bits per heavy atom. The molecule has 1 N–H and O–H groups in total. The molecule has 5 heteroatoms. The summed E-state index contributed by atoms with van der Waals surface area (Å²) >= 11 is 0. The van der Waals surface area contributed by atoms with Gasteiger partial charge >= 0.3 is 6.09 Å². The van der Waals surface area contributed by atoms with E-state index < -0.39 is 17.7 Å². The molecule has 0 aromatic heterocycles. The third-order valence-electron chi connectivity index (χ3n) is 4.60. The molecule has 0 bridgehead atoms. The molecule has 3 rings (SSSR count). The van der Waals surface area contributed by atoms with Crippen LogP contribution in [0.3, 0.4) is 0 Å². The lowest BCUT2D eigenvalue weighted by Gasteiger charge is -2.28. The number of benzene rings is 2. The van der Waals surface area contributed by atoms with Crippen LogP contribution in [-0.4, -0.2) is 23.6 Å². The average molecular weight is 366 g/mol. The van der Waals surface area contributed by atoms with Crippen molar-refractivity contribution in [1.82, 2.24) is 0 Å². The Labute approximate surface area is 160 Å². The van der Waals surface area contributed by atoms with Crippen molar-refractivity contribution < 1.29 is 14.3 Å². The zero-order valence-corrected chi connectivity index (χ0v) is 16.5. The van der Waals surface area contributed by atoms with E-state index in [4.69, 9.17) is 4.74 Å². The number of anilines is 2. The van der Waals surface area contributed by atoms with Crippen LogP contribution >= 0.6 is 0 Å². The van der Waals surface area contributed by atoms with Crippen molar-refractivity contribution in [3.05, 3.63) is 59.2 Å². The molecule has 1 atom stereocenters. The number of aryl methyl sites for hydroxylation is 2. The van der Waals surface area contributed by atoms with Crippen LogP contribution in [0, 0.1) is 13.8 Å². The second kappa shape index (κ2) is 7.06. The summed E-state index contributed by atoms with van der Waals surface area (Å²) in [5.74, 6) is -0.213.